The van der Waals surface area contributed by atoms with Gasteiger partial charge in [0, 0.05) is 24.2 Å². The van der Waals surface area contributed by atoms with Gasteiger partial charge in [-0.15, -0.1) is 10.2 Å². The predicted molar refractivity (Wildman–Crippen MR) is 94.3 cm³/mol. The van der Waals surface area contributed by atoms with Crippen molar-refractivity contribution < 1.29 is 0 Å². The van der Waals surface area contributed by atoms with Gasteiger partial charge in [0.15, 0.2) is 0 Å². The van der Waals surface area contributed by atoms with Crippen LogP contribution in [-0.4, -0.2) is 28.5 Å². The first kappa shape index (κ1) is 15.2. The van der Waals surface area contributed by atoms with Gasteiger partial charge in [-0.25, -0.2) is 0 Å². The molecule has 0 bridgehead atoms. The standard InChI is InChI=1S/C19H20N4/c1-3-23(4-2)19-17(15-11-7-5-8-12-15)20-22-21-18(19)16-13-9-6-10-14-16/h5-14H,3-4H2,1-2H3. The average molecular weight is 304 g/mol. The van der Waals surface area contributed by atoms with E-state index in [-0.39, 0.29) is 0 Å². The topological polar surface area (TPSA) is 41.9 Å². The molecule has 0 N–H and O–H groups in total. The lowest BCUT2D eigenvalue weighted by atomic mass is 10.0. The van der Waals surface area contributed by atoms with E-state index in [4.69, 9.17) is 0 Å². The Bertz CT molecular complexity index is 695. The van der Waals surface area contributed by atoms with Gasteiger partial charge in [0.2, 0.25) is 0 Å². The summed E-state index contributed by atoms with van der Waals surface area (Å²) in [6, 6.07) is 20.3. The minimum Gasteiger partial charge on any atom is -0.368 e. The molecule has 0 fully saturated rings. The molecule has 0 aliphatic heterocycles. The Morgan fingerprint density at radius 2 is 1.13 bits per heavy atom. The van der Waals surface area contributed by atoms with E-state index < -0.39 is 0 Å². The molecule has 0 aliphatic carbocycles. The minimum atomic E-state index is 0.878. The van der Waals surface area contributed by atoms with Crippen molar-refractivity contribution in [2.75, 3.05) is 18.0 Å². The summed E-state index contributed by atoms with van der Waals surface area (Å²) in [5, 5.41) is 12.7. The van der Waals surface area contributed by atoms with E-state index in [2.05, 4.69) is 58.4 Å². The van der Waals surface area contributed by atoms with Crippen LogP contribution in [0.2, 0.25) is 0 Å². The molecule has 23 heavy (non-hydrogen) atoms. The smallest absolute Gasteiger partial charge is 0.120 e. The zero-order valence-corrected chi connectivity index (χ0v) is 13.5. The zero-order valence-electron chi connectivity index (χ0n) is 13.5. The van der Waals surface area contributed by atoms with Gasteiger partial charge in [0.1, 0.15) is 11.4 Å². The van der Waals surface area contributed by atoms with E-state index in [0.29, 0.717) is 0 Å². The van der Waals surface area contributed by atoms with Gasteiger partial charge in [0.05, 0.1) is 5.69 Å². The van der Waals surface area contributed by atoms with Crippen molar-refractivity contribution in [3.05, 3.63) is 60.7 Å². The Morgan fingerprint density at radius 1 is 0.696 bits per heavy atom. The van der Waals surface area contributed by atoms with E-state index in [1.165, 1.54) is 0 Å². The van der Waals surface area contributed by atoms with Gasteiger partial charge in [-0.3, -0.25) is 0 Å². The molecule has 116 valence electrons. The monoisotopic (exact) mass is 304 g/mol. The largest absolute Gasteiger partial charge is 0.368 e. The molecule has 3 aromatic rings. The van der Waals surface area contributed by atoms with Gasteiger partial charge in [-0.2, -0.15) is 0 Å². The summed E-state index contributed by atoms with van der Waals surface area (Å²) in [7, 11) is 0. The number of aromatic nitrogens is 3. The first-order chi connectivity index (χ1) is 11.3. The van der Waals surface area contributed by atoms with Crippen LogP contribution < -0.4 is 4.90 Å². The van der Waals surface area contributed by atoms with Gasteiger partial charge in [-0.1, -0.05) is 60.7 Å². The fraction of sp³-hybridized carbons (Fsp3) is 0.211. The van der Waals surface area contributed by atoms with E-state index in [1.54, 1.807) is 0 Å². The second-order valence-electron chi connectivity index (χ2n) is 5.24. The molecule has 0 radical (unpaired) electrons. The molecular weight excluding hydrogens is 284 g/mol. The van der Waals surface area contributed by atoms with Crippen LogP contribution in [0.5, 0.6) is 0 Å². The minimum absolute atomic E-state index is 0.878. The summed E-state index contributed by atoms with van der Waals surface area (Å²) in [5.74, 6) is 0. The number of nitrogens with zero attached hydrogens (tertiary/aromatic N) is 4. The molecule has 0 aliphatic rings. The van der Waals surface area contributed by atoms with Crippen molar-refractivity contribution in [3.63, 3.8) is 0 Å². The van der Waals surface area contributed by atoms with Crippen LogP contribution in [0.15, 0.2) is 60.7 Å². The van der Waals surface area contributed by atoms with Crippen LogP contribution in [0.25, 0.3) is 22.5 Å². The highest BCUT2D eigenvalue weighted by atomic mass is 15.3. The normalized spacial score (nSPS) is 10.5. The van der Waals surface area contributed by atoms with Crippen LogP contribution >= 0.6 is 0 Å². The second-order valence-corrected chi connectivity index (χ2v) is 5.24. The third-order valence-electron chi connectivity index (χ3n) is 3.91. The summed E-state index contributed by atoms with van der Waals surface area (Å²) >= 11 is 0. The Hall–Kier alpha value is -2.75. The van der Waals surface area contributed by atoms with Crippen LogP contribution in [-0.2, 0) is 0 Å². The van der Waals surface area contributed by atoms with Gasteiger partial charge >= 0.3 is 0 Å². The first-order valence-electron chi connectivity index (χ1n) is 7.94. The van der Waals surface area contributed by atoms with Gasteiger partial charge in [0.25, 0.3) is 0 Å². The molecular formula is C19H20N4. The van der Waals surface area contributed by atoms with Crippen molar-refractivity contribution in [2.24, 2.45) is 0 Å². The molecule has 3 rings (SSSR count). The molecule has 2 aromatic carbocycles. The quantitative estimate of drug-likeness (QED) is 0.713. The van der Waals surface area contributed by atoms with Crippen molar-refractivity contribution >= 4 is 5.69 Å². The number of hydrogen-bond donors (Lipinski definition) is 0. The highest BCUT2D eigenvalue weighted by Gasteiger charge is 2.19. The molecule has 0 saturated heterocycles. The third kappa shape index (κ3) is 3.06. The Kier molecular flexibility index (Phi) is 4.62. The second kappa shape index (κ2) is 7.01. The van der Waals surface area contributed by atoms with Crippen molar-refractivity contribution in [1.29, 1.82) is 0 Å². The Balaban J connectivity index is 2.25. The number of rotatable bonds is 5. The van der Waals surface area contributed by atoms with Gasteiger partial charge in [-0.05, 0) is 19.1 Å². The maximum atomic E-state index is 4.35. The number of hydrogen-bond acceptors (Lipinski definition) is 4. The Labute approximate surface area is 136 Å². The summed E-state index contributed by atoms with van der Waals surface area (Å²) in [6.07, 6.45) is 0. The predicted octanol–water partition coefficient (Wildman–Crippen LogP) is 4.05. The summed E-state index contributed by atoms with van der Waals surface area (Å²) < 4.78 is 0. The first-order valence-corrected chi connectivity index (χ1v) is 7.94. The van der Waals surface area contributed by atoms with Crippen LogP contribution in [0.1, 0.15) is 13.8 Å². The molecule has 0 amide bonds. The van der Waals surface area contributed by atoms with E-state index in [9.17, 15) is 0 Å². The zero-order chi connectivity index (χ0) is 16.1. The number of anilines is 1. The van der Waals surface area contributed by atoms with Crippen LogP contribution in [0, 0.1) is 0 Å². The van der Waals surface area contributed by atoms with Crippen LogP contribution in [0.4, 0.5) is 5.69 Å². The SMILES string of the molecule is CCN(CC)c1c(-c2ccccc2)nnnc1-c1ccccc1. The number of benzene rings is 2. The van der Waals surface area contributed by atoms with E-state index in [1.807, 2.05) is 36.4 Å². The van der Waals surface area contributed by atoms with Crippen molar-refractivity contribution in [1.82, 2.24) is 15.4 Å². The molecule has 0 unspecified atom stereocenters. The fourth-order valence-corrected chi connectivity index (χ4v) is 2.74. The molecule has 0 spiro atoms. The highest BCUT2D eigenvalue weighted by molar-refractivity contribution is 5.86. The lowest BCUT2D eigenvalue weighted by Crippen LogP contribution is -2.24. The molecule has 1 heterocycles. The summed E-state index contributed by atoms with van der Waals surface area (Å²) in [5.41, 5.74) is 4.91. The maximum Gasteiger partial charge on any atom is 0.120 e. The molecule has 4 nitrogen and oxygen atoms in total. The molecule has 0 atom stereocenters. The lowest BCUT2D eigenvalue weighted by Gasteiger charge is -2.25. The molecule has 0 saturated carbocycles. The average Bonchev–Trinajstić information content (AvgIpc) is 2.64. The maximum absolute atomic E-state index is 4.35. The fourth-order valence-electron chi connectivity index (χ4n) is 2.74. The molecule has 1 aromatic heterocycles. The van der Waals surface area contributed by atoms with Crippen LogP contribution in [0.3, 0.4) is 0 Å². The van der Waals surface area contributed by atoms with Gasteiger partial charge < -0.3 is 4.90 Å². The lowest BCUT2D eigenvalue weighted by molar-refractivity contribution is 0.823. The highest BCUT2D eigenvalue weighted by Crippen LogP contribution is 2.35. The molecule has 4 heteroatoms. The van der Waals surface area contributed by atoms with E-state index >= 15 is 0 Å². The third-order valence-corrected chi connectivity index (χ3v) is 3.91. The van der Waals surface area contributed by atoms with Crippen molar-refractivity contribution in [2.45, 2.75) is 13.8 Å². The Morgan fingerprint density at radius 3 is 1.52 bits per heavy atom. The van der Waals surface area contributed by atoms with Crippen molar-refractivity contribution in [3.8, 4) is 22.5 Å². The summed E-state index contributed by atoms with van der Waals surface area (Å²) in [6.45, 7) is 6.08. The van der Waals surface area contributed by atoms with E-state index in [0.717, 1.165) is 41.3 Å². The summed E-state index contributed by atoms with van der Waals surface area (Å²) in [4.78, 5) is 2.28.